The number of hydrogen-bond acceptors (Lipinski definition) is 4. The van der Waals surface area contributed by atoms with Gasteiger partial charge in [0.2, 0.25) is 0 Å². The van der Waals surface area contributed by atoms with Crippen LogP contribution < -0.4 is 30.8 Å². The quantitative estimate of drug-likeness (QED) is 0.181. The molecule has 0 saturated carbocycles. The van der Waals surface area contributed by atoms with Crippen LogP contribution in [0.4, 0.5) is 17.1 Å². The Morgan fingerprint density at radius 3 is 1.71 bits per heavy atom. The first-order valence-electron chi connectivity index (χ1n) is 16.9. The lowest BCUT2D eigenvalue weighted by Crippen LogP contribution is -2.57. The summed E-state index contributed by atoms with van der Waals surface area (Å²) in [5.41, 5.74) is 12.9. The van der Waals surface area contributed by atoms with Crippen molar-refractivity contribution >= 4 is 72.9 Å². The lowest BCUT2D eigenvalue weighted by atomic mass is 9.34. The van der Waals surface area contributed by atoms with E-state index < -0.39 is 0 Å². The van der Waals surface area contributed by atoms with Gasteiger partial charge in [-0.2, -0.15) is 0 Å². The van der Waals surface area contributed by atoms with Crippen molar-refractivity contribution in [1.82, 2.24) is 0 Å². The molecule has 0 spiro atoms. The molecule has 0 atom stereocenters. The number of rotatable bonds is 3. The van der Waals surface area contributed by atoms with E-state index >= 15 is 0 Å². The van der Waals surface area contributed by atoms with Crippen molar-refractivity contribution in [3.63, 3.8) is 0 Å². The van der Waals surface area contributed by atoms with Gasteiger partial charge in [0.25, 0.3) is 6.71 Å². The van der Waals surface area contributed by atoms with E-state index in [1.165, 1.54) is 22.3 Å². The summed E-state index contributed by atoms with van der Waals surface area (Å²) in [6.07, 6.45) is 0. The molecule has 234 valence electrons. The molecule has 0 amide bonds. The fourth-order valence-electron chi connectivity index (χ4n) is 7.86. The maximum absolute atomic E-state index is 6.97. The van der Waals surface area contributed by atoms with Crippen LogP contribution in [0.2, 0.25) is 0 Å². The van der Waals surface area contributed by atoms with Gasteiger partial charge in [0.15, 0.2) is 11.3 Å². The fourth-order valence-corrected chi connectivity index (χ4v) is 7.86. The minimum Gasteiger partial charge on any atom is -0.458 e. The van der Waals surface area contributed by atoms with Gasteiger partial charge in [0, 0.05) is 39.1 Å². The predicted molar refractivity (Wildman–Crippen MR) is 203 cm³/mol. The van der Waals surface area contributed by atoms with Crippen molar-refractivity contribution in [3.05, 3.63) is 144 Å². The van der Waals surface area contributed by atoms with Gasteiger partial charge >= 0.3 is 0 Å². The van der Waals surface area contributed by atoms with E-state index in [1.807, 2.05) is 0 Å². The lowest BCUT2D eigenvalue weighted by Gasteiger charge is -2.33. The first-order valence-corrected chi connectivity index (χ1v) is 16.9. The number of aryl methyl sites for hydroxylation is 4. The second kappa shape index (κ2) is 10.3. The molecule has 10 rings (SSSR count). The van der Waals surface area contributed by atoms with E-state index in [-0.39, 0.29) is 6.71 Å². The molecule has 2 aliphatic rings. The Labute approximate surface area is 285 Å². The highest BCUT2D eigenvalue weighted by atomic mass is 16.5. The minimum atomic E-state index is -0.0271. The fraction of sp³-hybridized carbons (Fsp3) is 0.0909. The molecular formula is C44H32BNO3. The molecule has 3 heterocycles. The van der Waals surface area contributed by atoms with Crippen molar-refractivity contribution in [2.24, 2.45) is 0 Å². The zero-order valence-corrected chi connectivity index (χ0v) is 27.8. The van der Waals surface area contributed by atoms with E-state index in [0.29, 0.717) is 0 Å². The second-order valence-corrected chi connectivity index (χ2v) is 13.6. The Balaban J connectivity index is 1.28. The van der Waals surface area contributed by atoms with Crippen molar-refractivity contribution < 1.29 is 13.9 Å². The molecule has 0 bridgehead atoms. The summed E-state index contributed by atoms with van der Waals surface area (Å²) in [5.74, 6) is 3.28. The first kappa shape index (κ1) is 28.1. The number of anilines is 3. The summed E-state index contributed by atoms with van der Waals surface area (Å²) >= 11 is 0. The third kappa shape index (κ3) is 4.18. The lowest BCUT2D eigenvalue weighted by molar-refractivity contribution is 0.462. The predicted octanol–water partition coefficient (Wildman–Crippen LogP) is 10.2. The van der Waals surface area contributed by atoms with Crippen LogP contribution in [0.25, 0.3) is 32.7 Å². The number of benzene rings is 7. The van der Waals surface area contributed by atoms with E-state index in [4.69, 9.17) is 13.9 Å². The van der Waals surface area contributed by atoms with Crippen LogP contribution in [0.5, 0.6) is 23.0 Å². The highest BCUT2D eigenvalue weighted by Gasteiger charge is 2.42. The summed E-state index contributed by atoms with van der Waals surface area (Å²) in [5, 5.41) is 4.27. The first-order chi connectivity index (χ1) is 23.9. The van der Waals surface area contributed by atoms with Crippen molar-refractivity contribution in [2.75, 3.05) is 4.90 Å². The number of furan rings is 1. The Hall–Kier alpha value is -5.94. The smallest absolute Gasteiger partial charge is 0.260 e. The number of ether oxygens (including phenoxy) is 2. The molecule has 49 heavy (non-hydrogen) atoms. The average Bonchev–Trinajstić information content (AvgIpc) is 3.48. The van der Waals surface area contributed by atoms with Crippen LogP contribution in [-0.4, -0.2) is 6.71 Å². The maximum atomic E-state index is 6.97. The van der Waals surface area contributed by atoms with E-state index in [2.05, 4.69) is 154 Å². The third-order valence-corrected chi connectivity index (χ3v) is 10.2. The molecule has 4 nitrogen and oxygen atoms in total. The summed E-state index contributed by atoms with van der Waals surface area (Å²) in [7, 11) is 0. The molecule has 0 N–H and O–H groups in total. The zero-order chi connectivity index (χ0) is 33.0. The van der Waals surface area contributed by atoms with Crippen LogP contribution in [0.3, 0.4) is 0 Å². The monoisotopic (exact) mass is 633 g/mol. The summed E-state index contributed by atoms with van der Waals surface area (Å²) in [6, 6.07) is 43.3. The molecule has 2 aliphatic heterocycles. The van der Waals surface area contributed by atoms with Crippen molar-refractivity contribution in [1.29, 1.82) is 0 Å². The standard InChI is InChI=1S/C44H32BNO3/c1-25-9-15-29(16-10-25)46(30-17-11-26(2)12-18-30)36-24-39-41(32-8-6-5-7-31(32)36)33-23-40-42-44(43(33)49-39)48-38-20-14-28(4)22-35(38)45(42)34-21-27(3)13-19-37(34)47-40/h5-24H,1-4H3. The second-order valence-electron chi connectivity index (χ2n) is 13.6. The minimum absolute atomic E-state index is 0.0271. The van der Waals surface area contributed by atoms with Gasteiger partial charge in [-0.15, -0.1) is 0 Å². The largest absolute Gasteiger partial charge is 0.458 e. The SMILES string of the molecule is Cc1ccc(N(c2ccc(C)cc2)c2cc3oc4c5c6c(cc4c3c3ccccc23)Oc2ccc(C)cc2B6c2cc(C)ccc2O5)cc1. The van der Waals surface area contributed by atoms with E-state index in [9.17, 15) is 0 Å². The van der Waals surface area contributed by atoms with Crippen LogP contribution in [0, 0.1) is 27.7 Å². The van der Waals surface area contributed by atoms with Gasteiger partial charge in [-0.25, -0.2) is 0 Å². The summed E-state index contributed by atoms with van der Waals surface area (Å²) in [4.78, 5) is 2.33. The highest BCUT2D eigenvalue weighted by molar-refractivity contribution is 6.98. The zero-order valence-electron chi connectivity index (χ0n) is 27.8. The molecular weight excluding hydrogens is 601 g/mol. The molecule has 0 fully saturated rings. The van der Waals surface area contributed by atoms with E-state index in [1.54, 1.807) is 0 Å². The molecule has 8 aromatic rings. The summed E-state index contributed by atoms with van der Waals surface area (Å²) in [6.45, 7) is 8.49. The molecule has 5 heteroatoms. The summed E-state index contributed by atoms with van der Waals surface area (Å²) < 4.78 is 20.5. The molecule has 0 unspecified atom stereocenters. The Bertz CT molecular complexity index is 2600. The molecule has 7 aromatic carbocycles. The van der Waals surface area contributed by atoms with Crippen molar-refractivity contribution in [3.8, 4) is 23.0 Å². The van der Waals surface area contributed by atoms with Gasteiger partial charge in [-0.05, 0) is 86.5 Å². The van der Waals surface area contributed by atoms with Crippen LogP contribution in [0.15, 0.2) is 126 Å². The highest BCUT2D eigenvalue weighted by Crippen LogP contribution is 2.48. The number of nitrogens with zero attached hydrogens (tertiary/aromatic N) is 1. The van der Waals surface area contributed by atoms with Gasteiger partial charge in [-0.1, -0.05) is 95.1 Å². The third-order valence-electron chi connectivity index (χ3n) is 10.2. The number of hydrogen-bond donors (Lipinski definition) is 0. The normalized spacial score (nSPS) is 12.8. The van der Waals surface area contributed by atoms with Crippen LogP contribution in [0.1, 0.15) is 22.3 Å². The van der Waals surface area contributed by atoms with Crippen molar-refractivity contribution in [2.45, 2.75) is 27.7 Å². The number of fused-ring (bicyclic) bond motifs is 10. The van der Waals surface area contributed by atoms with Crippen LogP contribution in [-0.2, 0) is 0 Å². The Morgan fingerprint density at radius 1 is 0.510 bits per heavy atom. The topological polar surface area (TPSA) is 34.8 Å². The molecule has 0 aliphatic carbocycles. The molecule has 0 saturated heterocycles. The maximum Gasteiger partial charge on any atom is 0.260 e. The van der Waals surface area contributed by atoms with Gasteiger partial charge in [0.1, 0.15) is 22.8 Å². The molecule has 1 aromatic heterocycles. The van der Waals surface area contributed by atoms with Gasteiger partial charge < -0.3 is 18.8 Å². The Morgan fingerprint density at radius 2 is 1.08 bits per heavy atom. The average molecular weight is 634 g/mol. The van der Waals surface area contributed by atoms with Gasteiger partial charge in [-0.3, -0.25) is 0 Å². The van der Waals surface area contributed by atoms with Crippen LogP contribution >= 0.6 is 0 Å². The Kier molecular flexibility index (Phi) is 5.90. The van der Waals surface area contributed by atoms with Gasteiger partial charge in [0.05, 0.1) is 5.69 Å². The molecule has 0 radical (unpaired) electrons. The van der Waals surface area contributed by atoms with E-state index in [0.717, 1.165) is 89.2 Å².